The van der Waals surface area contributed by atoms with Gasteiger partial charge in [0.05, 0.1) is 0 Å². The Hall–Kier alpha value is -0.260. The monoisotopic (exact) mass is 330 g/mol. The molecule has 138 valence electrons. The maximum absolute atomic E-state index is 4.48. The Labute approximate surface area is 151 Å². The molecule has 3 fully saturated rings. The summed E-state index contributed by atoms with van der Waals surface area (Å²) in [7, 11) is 0. The van der Waals surface area contributed by atoms with E-state index in [4.69, 9.17) is 0 Å². The molecule has 0 aromatic rings. The first-order chi connectivity index (χ1) is 11.4. The zero-order valence-electron chi connectivity index (χ0n) is 17.1. The van der Waals surface area contributed by atoms with E-state index >= 15 is 0 Å². The van der Waals surface area contributed by atoms with E-state index in [1.165, 1.54) is 56.9 Å². The molecule has 8 atom stereocenters. The average Bonchev–Trinajstić information content (AvgIpc) is 2.58. The van der Waals surface area contributed by atoms with Gasteiger partial charge in [0, 0.05) is 0 Å². The van der Waals surface area contributed by atoms with Gasteiger partial charge >= 0.3 is 0 Å². The lowest BCUT2D eigenvalue weighted by molar-refractivity contribution is -0.0785. The second kappa shape index (κ2) is 7.16. The highest BCUT2D eigenvalue weighted by molar-refractivity contribution is 5.10. The molecule has 0 aliphatic heterocycles. The summed E-state index contributed by atoms with van der Waals surface area (Å²) in [5.74, 6) is 6.79. The summed E-state index contributed by atoms with van der Waals surface area (Å²) in [5, 5.41) is 0. The SMILES string of the molecule is C=C(CC)C(CC)C1(C)CCC2C3CCC(C)CC3CCC2C1C. The molecule has 8 unspecified atom stereocenters. The first-order valence-electron chi connectivity index (χ1n) is 11.1. The smallest absolute Gasteiger partial charge is 0.0152 e. The van der Waals surface area contributed by atoms with Crippen molar-refractivity contribution >= 4 is 0 Å². The van der Waals surface area contributed by atoms with E-state index < -0.39 is 0 Å². The van der Waals surface area contributed by atoms with Gasteiger partial charge in [0.25, 0.3) is 0 Å². The fourth-order valence-electron chi connectivity index (χ4n) is 7.56. The van der Waals surface area contributed by atoms with Crippen LogP contribution >= 0.6 is 0 Å². The standard InChI is InChI=1S/C24H42/c1-7-17(4)23(8-2)24(6)14-13-22-20(18(24)5)12-10-19-15-16(3)9-11-21(19)22/h16,18-23H,4,7-15H2,1-3,5-6H3. The van der Waals surface area contributed by atoms with Crippen molar-refractivity contribution in [2.75, 3.05) is 0 Å². The van der Waals surface area contributed by atoms with Crippen LogP contribution in [0.3, 0.4) is 0 Å². The molecule has 0 N–H and O–H groups in total. The molecule has 3 saturated carbocycles. The summed E-state index contributed by atoms with van der Waals surface area (Å²) < 4.78 is 0. The minimum atomic E-state index is 0.498. The lowest BCUT2D eigenvalue weighted by Crippen LogP contribution is -2.50. The van der Waals surface area contributed by atoms with Gasteiger partial charge in [0.2, 0.25) is 0 Å². The van der Waals surface area contributed by atoms with Gasteiger partial charge in [-0.3, -0.25) is 0 Å². The van der Waals surface area contributed by atoms with E-state index in [-0.39, 0.29) is 0 Å². The predicted octanol–water partition coefficient (Wildman–Crippen LogP) is 7.49. The molecule has 0 nitrogen and oxygen atoms in total. The molecule has 0 amide bonds. The molecular weight excluding hydrogens is 288 g/mol. The summed E-state index contributed by atoms with van der Waals surface area (Å²) in [5.41, 5.74) is 2.02. The van der Waals surface area contributed by atoms with Gasteiger partial charge in [0.15, 0.2) is 0 Å². The first kappa shape index (κ1) is 18.5. The van der Waals surface area contributed by atoms with Gasteiger partial charge in [-0.2, -0.15) is 0 Å². The van der Waals surface area contributed by atoms with Gasteiger partial charge in [-0.05, 0) is 98.2 Å². The number of rotatable bonds is 4. The maximum atomic E-state index is 4.48. The predicted molar refractivity (Wildman–Crippen MR) is 106 cm³/mol. The van der Waals surface area contributed by atoms with Gasteiger partial charge in [-0.25, -0.2) is 0 Å². The highest BCUT2D eigenvalue weighted by Crippen LogP contribution is 2.61. The van der Waals surface area contributed by atoms with Crippen LogP contribution in [0.4, 0.5) is 0 Å². The van der Waals surface area contributed by atoms with Gasteiger partial charge < -0.3 is 0 Å². The second-order valence-corrected chi connectivity index (χ2v) is 10.1. The van der Waals surface area contributed by atoms with E-state index in [2.05, 4.69) is 41.2 Å². The number of fused-ring (bicyclic) bond motifs is 3. The van der Waals surface area contributed by atoms with Crippen LogP contribution in [0.15, 0.2) is 12.2 Å². The summed E-state index contributed by atoms with van der Waals surface area (Å²) in [6.07, 6.45) is 13.0. The highest BCUT2D eigenvalue weighted by atomic mass is 14.6. The van der Waals surface area contributed by atoms with Crippen molar-refractivity contribution in [3.63, 3.8) is 0 Å². The lowest BCUT2D eigenvalue weighted by Gasteiger charge is -2.58. The molecule has 0 bridgehead atoms. The van der Waals surface area contributed by atoms with Crippen LogP contribution in [-0.2, 0) is 0 Å². The second-order valence-electron chi connectivity index (χ2n) is 10.1. The fraction of sp³-hybridized carbons (Fsp3) is 0.917. The molecule has 0 saturated heterocycles. The van der Waals surface area contributed by atoms with Crippen LogP contribution in [-0.4, -0.2) is 0 Å². The minimum Gasteiger partial charge on any atom is -0.0996 e. The van der Waals surface area contributed by atoms with E-state index in [0.29, 0.717) is 5.41 Å². The topological polar surface area (TPSA) is 0 Å². The largest absolute Gasteiger partial charge is 0.0996 e. The number of hydrogen-bond acceptors (Lipinski definition) is 0. The highest BCUT2D eigenvalue weighted by Gasteiger charge is 2.52. The molecule has 0 aromatic carbocycles. The van der Waals surface area contributed by atoms with E-state index in [0.717, 1.165) is 47.8 Å². The van der Waals surface area contributed by atoms with Crippen molar-refractivity contribution in [1.82, 2.24) is 0 Å². The molecule has 0 radical (unpaired) electrons. The third-order valence-electron chi connectivity index (χ3n) is 9.12. The molecule has 0 spiro atoms. The van der Waals surface area contributed by atoms with Crippen LogP contribution in [0, 0.1) is 46.8 Å². The minimum absolute atomic E-state index is 0.498. The Morgan fingerprint density at radius 1 is 1.00 bits per heavy atom. The van der Waals surface area contributed by atoms with Crippen LogP contribution in [0.1, 0.15) is 92.4 Å². The molecule has 24 heavy (non-hydrogen) atoms. The van der Waals surface area contributed by atoms with Crippen LogP contribution in [0.25, 0.3) is 0 Å². The molecule has 0 heteroatoms. The van der Waals surface area contributed by atoms with Gasteiger partial charge in [-0.1, -0.05) is 53.2 Å². The van der Waals surface area contributed by atoms with E-state index in [1.807, 2.05) is 0 Å². The van der Waals surface area contributed by atoms with E-state index in [9.17, 15) is 0 Å². The van der Waals surface area contributed by atoms with Crippen LogP contribution in [0.5, 0.6) is 0 Å². The zero-order valence-corrected chi connectivity index (χ0v) is 17.1. The summed E-state index contributed by atoms with van der Waals surface area (Å²) in [6, 6.07) is 0. The molecule has 0 aromatic heterocycles. The number of allylic oxidation sites excluding steroid dienone is 1. The van der Waals surface area contributed by atoms with Crippen LogP contribution in [0.2, 0.25) is 0 Å². The Kier molecular flexibility index (Phi) is 5.53. The molecule has 3 rings (SSSR count). The maximum Gasteiger partial charge on any atom is -0.0152 e. The summed E-state index contributed by atoms with van der Waals surface area (Å²) in [4.78, 5) is 0. The summed E-state index contributed by atoms with van der Waals surface area (Å²) >= 11 is 0. The van der Waals surface area contributed by atoms with Crippen molar-refractivity contribution in [1.29, 1.82) is 0 Å². The van der Waals surface area contributed by atoms with Gasteiger partial charge in [0.1, 0.15) is 0 Å². The first-order valence-corrected chi connectivity index (χ1v) is 11.1. The van der Waals surface area contributed by atoms with Gasteiger partial charge in [-0.15, -0.1) is 0 Å². The van der Waals surface area contributed by atoms with Crippen molar-refractivity contribution < 1.29 is 0 Å². The average molecular weight is 331 g/mol. The number of hydrogen-bond donors (Lipinski definition) is 0. The molecular formula is C24H42. The normalized spacial score (nSPS) is 46.7. The van der Waals surface area contributed by atoms with Crippen molar-refractivity contribution in [2.45, 2.75) is 92.4 Å². The third-order valence-corrected chi connectivity index (χ3v) is 9.12. The fourth-order valence-corrected chi connectivity index (χ4v) is 7.56. The van der Waals surface area contributed by atoms with Crippen molar-refractivity contribution in [3.8, 4) is 0 Å². The Morgan fingerprint density at radius 2 is 1.71 bits per heavy atom. The summed E-state index contributed by atoms with van der Waals surface area (Å²) in [6.45, 7) is 16.9. The Bertz CT molecular complexity index is 449. The van der Waals surface area contributed by atoms with Crippen molar-refractivity contribution in [2.24, 2.45) is 46.8 Å². The van der Waals surface area contributed by atoms with Crippen LogP contribution < -0.4 is 0 Å². The molecule has 0 heterocycles. The molecule has 3 aliphatic carbocycles. The lowest BCUT2D eigenvalue weighted by atomic mass is 9.47. The Morgan fingerprint density at radius 3 is 2.38 bits per heavy atom. The zero-order chi connectivity index (χ0) is 17.5. The quantitative estimate of drug-likeness (QED) is 0.468. The third kappa shape index (κ3) is 3.01. The van der Waals surface area contributed by atoms with Crippen molar-refractivity contribution in [3.05, 3.63) is 12.2 Å². The van der Waals surface area contributed by atoms with E-state index in [1.54, 1.807) is 0 Å². The molecule has 3 aliphatic rings. The Balaban J connectivity index is 1.79.